The first-order valence-electron chi connectivity index (χ1n) is 11.2. The van der Waals surface area contributed by atoms with E-state index in [9.17, 15) is 0 Å². The van der Waals surface area contributed by atoms with Crippen molar-refractivity contribution in [2.24, 2.45) is 11.5 Å². The molecule has 0 heterocycles. The normalized spacial score (nSPS) is 10.3. The van der Waals surface area contributed by atoms with Gasteiger partial charge in [-0.2, -0.15) is 0 Å². The summed E-state index contributed by atoms with van der Waals surface area (Å²) >= 11 is -0.106. The van der Waals surface area contributed by atoms with E-state index in [4.69, 9.17) is 30.5 Å². The van der Waals surface area contributed by atoms with Gasteiger partial charge in [0.2, 0.25) is 0 Å². The third-order valence-electron chi connectivity index (χ3n) is 4.98. The van der Waals surface area contributed by atoms with Crippen molar-refractivity contribution < 1.29 is 15.9 Å². The zero-order valence-electron chi connectivity index (χ0n) is 19.5. The molecule has 188 valence electrons. The first-order chi connectivity index (χ1) is 17.2. The molecule has 0 aliphatic rings. The van der Waals surface area contributed by atoms with E-state index in [0.717, 1.165) is 25.4 Å². The van der Waals surface area contributed by atoms with Gasteiger partial charge in [-0.05, 0) is 62.5 Å². The molecule has 0 saturated heterocycles. The third-order valence-corrected chi connectivity index (χ3v) is 10.1. The Kier molecular flexibility index (Phi) is 16.4. The quantitative estimate of drug-likeness (QED) is 0.198. The Balaban J connectivity index is 0.000000222. The minimum absolute atomic E-state index is 0.106. The van der Waals surface area contributed by atoms with Crippen LogP contribution in [0.3, 0.4) is 0 Å². The molecule has 0 saturated carbocycles. The molecular formula is C28H32Cl2N2P2Pd. The van der Waals surface area contributed by atoms with Crippen LogP contribution in [0.4, 0.5) is 0 Å². The van der Waals surface area contributed by atoms with Gasteiger partial charge in [-0.1, -0.05) is 121 Å². The van der Waals surface area contributed by atoms with E-state index in [1.54, 1.807) is 0 Å². The van der Waals surface area contributed by atoms with E-state index >= 15 is 0 Å². The molecule has 0 aliphatic heterocycles. The van der Waals surface area contributed by atoms with Gasteiger partial charge in [0.25, 0.3) is 0 Å². The maximum absolute atomic E-state index is 5.72. The number of benzene rings is 4. The van der Waals surface area contributed by atoms with Crippen molar-refractivity contribution in [2.75, 3.05) is 25.4 Å². The van der Waals surface area contributed by atoms with Gasteiger partial charge < -0.3 is 11.5 Å². The predicted molar refractivity (Wildman–Crippen MR) is 158 cm³/mol. The summed E-state index contributed by atoms with van der Waals surface area (Å²) in [6.07, 6.45) is 2.12. The van der Waals surface area contributed by atoms with Gasteiger partial charge >= 0.3 is 35.0 Å². The van der Waals surface area contributed by atoms with Gasteiger partial charge in [0.15, 0.2) is 0 Å². The molecule has 0 atom stereocenters. The molecule has 4 N–H and O–H groups in total. The zero-order valence-corrected chi connectivity index (χ0v) is 24.4. The molecule has 0 spiro atoms. The fraction of sp³-hybridized carbons (Fsp3) is 0.143. The third kappa shape index (κ3) is 11.2. The summed E-state index contributed by atoms with van der Waals surface area (Å²) in [6.45, 7) is 1.49. The first-order valence-corrected chi connectivity index (χ1v) is 18.3. The van der Waals surface area contributed by atoms with Crippen LogP contribution >= 0.6 is 34.9 Å². The van der Waals surface area contributed by atoms with Crippen molar-refractivity contribution in [1.82, 2.24) is 0 Å². The molecule has 0 fully saturated rings. The standard InChI is InChI=1S/2C14H16NP.2ClH.Pd/c2*15-11-12-16(13-7-3-1-4-8-13)14-9-5-2-6-10-14;;;/h2*1-10H,11-12,15H2;2*1H;/q;;;;+2/p-2. The van der Waals surface area contributed by atoms with E-state index in [2.05, 4.69) is 121 Å². The van der Waals surface area contributed by atoms with Crippen LogP contribution in [0.2, 0.25) is 0 Å². The van der Waals surface area contributed by atoms with Gasteiger partial charge in [-0.3, -0.25) is 0 Å². The van der Waals surface area contributed by atoms with Gasteiger partial charge in [0, 0.05) is 0 Å². The Morgan fingerprint density at radius 1 is 0.457 bits per heavy atom. The van der Waals surface area contributed by atoms with Crippen LogP contribution in [-0.4, -0.2) is 25.4 Å². The van der Waals surface area contributed by atoms with E-state index < -0.39 is 0 Å². The van der Waals surface area contributed by atoms with Gasteiger partial charge in [0.1, 0.15) is 0 Å². The van der Waals surface area contributed by atoms with E-state index in [-0.39, 0.29) is 31.8 Å². The van der Waals surface area contributed by atoms with E-state index in [1.807, 2.05) is 0 Å². The van der Waals surface area contributed by atoms with Crippen molar-refractivity contribution >= 4 is 56.1 Å². The monoisotopic (exact) mass is 634 g/mol. The molecule has 4 rings (SSSR count). The molecule has 2 nitrogen and oxygen atoms in total. The summed E-state index contributed by atoms with van der Waals surface area (Å²) in [5.41, 5.74) is 11.4. The summed E-state index contributed by atoms with van der Waals surface area (Å²) < 4.78 is 0. The van der Waals surface area contributed by atoms with Crippen molar-refractivity contribution in [1.29, 1.82) is 0 Å². The summed E-state index contributed by atoms with van der Waals surface area (Å²) in [7, 11) is 9.08. The Hall–Kier alpha value is -1.10. The Morgan fingerprint density at radius 3 is 0.829 bits per heavy atom. The fourth-order valence-corrected chi connectivity index (χ4v) is 7.78. The Morgan fingerprint density at radius 2 is 0.657 bits per heavy atom. The Bertz CT molecular complexity index is 866. The molecule has 0 radical (unpaired) electrons. The topological polar surface area (TPSA) is 52.0 Å². The second-order valence-electron chi connectivity index (χ2n) is 7.27. The van der Waals surface area contributed by atoms with Crippen LogP contribution in [0.25, 0.3) is 0 Å². The minimum atomic E-state index is -0.276. The first kappa shape index (κ1) is 30.1. The summed E-state index contributed by atoms with van der Waals surface area (Å²) in [5.74, 6) is 0. The van der Waals surface area contributed by atoms with Crippen LogP contribution in [0, 0.1) is 0 Å². The molecule has 0 bridgehead atoms. The molecule has 4 aromatic rings. The number of nitrogens with two attached hydrogens (primary N) is 2. The second-order valence-corrected chi connectivity index (χ2v) is 14.3. The van der Waals surface area contributed by atoms with Gasteiger partial charge in [0.05, 0.1) is 0 Å². The average molecular weight is 636 g/mol. The Labute approximate surface area is 229 Å². The number of halogens is 2. The summed E-state index contributed by atoms with van der Waals surface area (Å²) in [4.78, 5) is 0. The predicted octanol–water partition coefficient (Wildman–Crippen LogP) is 5.53. The molecule has 7 heteroatoms. The number of hydrogen-bond acceptors (Lipinski definition) is 2. The van der Waals surface area contributed by atoms with E-state index in [0.29, 0.717) is 0 Å². The number of rotatable bonds is 8. The zero-order chi connectivity index (χ0) is 25.1. The maximum atomic E-state index is 5.72. The van der Waals surface area contributed by atoms with Crippen molar-refractivity contribution in [3.63, 3.8) is 0 Å². The van der Waals surface area contributed by atoms with Crippen molar-refractivity contribution in [2.45, 2.75) is 0 Å². The molecular weight excluding hydrogens is 604 g/mol. The molecule has 0 aliphatic carbocycles. The van der Waals surface area contributed by atoms with Crippen LogP contribution in [0.5, 0.6) is 0 Å². The summed E-state index contributed by atoms with van der Waals surface area (Å²) in [5, 5.41) is 5.64. The van der Waals surface area contributed by atoms with Crippen LogP contribution < -0.4 is 32.7 Å². The SMILES string of the molecule is NCCP(c1ccccc1)c1ccccc1.NCCP(c1ccccc1)c1ccccc1.[Cl][Pd][Cl]. The molecule has 0 unspecified atom stereocenters. The van der Waals surface area contributed by atoms with Crippen LogP contribution in [-0.2, 0) is 15.9 Å². The van der Waals surface area contributed by atoms with Gasteiger partial charge in [-0.25, -0.2) is 0 Å². The fourth-order valence-electron chi connectivity index (χ4n) is 3.50. The second kappa shape index (κ2) is 19.1. The van der Waals surface area contributed by atoms with Gasteiger partial charge in [-0.15, -0.1) is 0 Å². The molecule has 4 aromatic carbocycles. The van der Waals surface area contributed by atoms with Crippen molar-refractivity contribution in [3.05, 3.63) is 121 Å². The number of hydrogen-bond donors (Lipinski definition) is 2. The van der Waals surface area contributed by atoms with Crippen molar-refractivity contribution in [3.8, 4) is 0 Å². The molecule has 0 amide bonds. The van der Waals surface area contributed by atoms with E-state index in [1.165, 1.54) is 21.2 Å². The molecule has 35 heavy (non-hydrogen) atoms. The average Bonchev–Trinajstić information content (AvgIpc) is 2.93. The molecule has 0 aromatic heterocycles. The summed E-state index contributed by atoms with van der Waals surface area (Å²) in [6, 6.07) is 42.7. The van der Waals surface area contributed by atoms with Crippen LogP contribution in [0.15, 0.2) is 121 Å². The van der Waals surface area contributed by atoms with Crippen LogP contribution in [0.1, 0.15) is 0 Å².